The normalized spacial score (nSPS) is 17.2. The molecule has 1 aliphatic rings. The van der Waals surface area contributed by atoms with Gasteiger partial charge in [-0.3, -0.25) is 0 Å². The number of aromatic nitrogens is 1. The van der Waals surface area contributed by atoms with Crippen LogP contribution in [0, 0.1) is 6.92 Å². The molecular formula is C16H26N4O2. The summed E-state index contributed by atoms with van der Waals surface area (Å²) in [6.07, 6.45) is 3.69. The van der Waals surface area contributed by atoms with Crippen LogP contribution in [-0.4, -0.2) is 59.8 Å². The van der Waals surface area contributed by atoms with Crippen LogP contribution in [0.1, 0.15) is 25.3 Å². The number of hydrogen-bond acceptors (Lipinski definition) is 4. The molecule has 1 unspecified atom stereocenters. The first kappa shape index (κ1) is 16.5. The van der Waals surface area contributed by atoms with Gasteiger partial charge in [-0.05, 0) is 38.3 Å². The Hall–Kier alpha value is -1.82. The molecule has 1 atom stereocenters. The van der Waals surface area contributed by atoms with Gasteiger partial charge in [0.25, 0.3) is 0 Å². The molecule has 22 heavy (non-hydrogen) atoms. The lowest BCUT2D eigenvalue weighted by atomic mass is 10.1. The number of aliphatic hydroxyl groups excluding tert-OH is 1. The summed E-state index contributed by atoms with van der Waals surface area (Å²) in [6.45, 7) is 5.61. The summed E-state index contributed by atoms with van der Waals surface area (Å²) < 4.78 is 0. The summed E-state index contributed by atoms with van der Waals surface area (Å²) in [4.78, 5) is 20.3. The van der Waals surface area contributed by atoms with Gasteiger partial charge in [0.15, 0.2) is 0 Å². The Bertz CT molecular complexity index is 483. The van der Waals surface area contributed by atoms with Crippen LogP contribution in [0.2, 0.25) is 0 Å². The average molecular weight is 306 g/mol. The van der Waals surface area contributed by atoms with Crippen molar-refractivity contribution < 1.29 is 9.90 Å². The third-order valence-corrected chi connectivity index (χ3v) is 4.29. The van der Waals surface area contributed by atoms with E-state index < -0.39 is 0 Å². The summed E-state index contributed by atoms with van der Waals surface area (Å²) in [5.41, 5.74) is 1.16. The Morgan fingerprint density at radius 3 is 2.73 bits per heavy atom. The Morgan fingerprint density at radius 1 is 1.50 bits per heavy atom. The Labute approximate surface area is 132 Å². The Kier molecular flexibility index (Phi) is 5.60. The predicted molar refractivity (Wildman–Crippen MR) is 87.1 cm³/mol. The molecular weight excluding hydrogens is 280 g/mol. The van der Waals surface area contributed by atoms with Gasteiger partial charge in [-0.25, -0.2) is 9.78 Å². The van der Waals surface area contributed by atoms with E-state index in [2.05, 4.69) is 21.3 Å². The minimum atomic E-state index is -0.170. The van der Waals surface area contributed by atoms with Crippen LogP contribution in [0.25, 0.3) is 0 Å². The number of likely N-dealkylation sites (N-methyl/N-ethyl adjacent to an activating group) is 1. The Morgan fingerprint density at radius 2 is 2.18 bits per heavy atom. The zero-order valence-corrected chi connectivity index (χ0v) is 13.6. The minimum absolute atomic E-state index is 0.0263. The van der Waals surface area contributed by atoms with Crippen LogP contribution < -0.4 is 10.2 Å². The van der Waals surface area contributed by atoms with E-state index in [1.54, 1.807) is 11.9 Å². The quantitative estimate of drug-likeness (QED) is 0.882. The van der Waals surface area contributed by atoms with Crippen LogP contribution in [-0.2, 0) is 0 Å². The van der Waals surface area contributed by atoms with Crippen LogP contribution in [0.5, 0.6) is 0 Å². The van der Waals surface area contributed by atoms with Crippen molar-refractivity contribution in [3.05, 3.63) is 23.9 Å². The van der Waals surface area contributed by atoms with Crippen molar-refractivity contribution in [3.63, 3.8) is 0 Å². The molecule has 1 fully saturated rings. The molecule has 0 saturated carbocycles. The number of carbonyl (C=O) groups is 1. The highest BCUT2D eigenvalue weighted by Gasteiger charge is 2.23. The molecule has 1 saturated heterocycles. The van der Waals surface area contributed by atoms with Crippen molar-refractivity contribution in [1.29, 1.82) is 0 Å². The van der Waals surface area contributed by atoms with Crippen molar-refractivity contribution in [1.82, 2.24) is 15.2 Å². The van der Waals surface area contributed by atoms with Crippen molar-refractivity contribution in [3.8, 4) is 0 Å². The monoisotopic (exact) mass is 306 g/mol. The largest absolute Gasteiger partial charge is 0.394 e. The van der Waals surface area contributed by atoms with Crippen LogP contribution >= 0.6 is 0 Å². The van der Waals surface area contributed by atoms with Crippen molar-refractivity contribution >= 4 is 11.8 Å². The molecule has 2 N–H and O–H groups in total. The van der Waals surface area contributed by atoms with Gasteiger partial charge in [-0.2, -0.15) is 0 Å². The second kappa shape index (κ2) is 7.45. The maximum atomic E-state index is 12.1. The summed E-state index contributed by atoms with van der Waals surface area (Å²) in [7, 11) is 1.71. The second-order valence-electron chi connectivity index (χ2n) is 6.05. The van der Waals surface area contributed by atoms with E-state index in [0.29, 0.717) is 0 Å². The lowest BCUT2D eigenvalue weighted by Gasteiger charge is -2.34. The third kappa shape index (κ3) is 4.10. The number of aliphatic hydroxyl groups is 1. The number of rotatable bonds is 4. The van der Waals surface area contributed by atoms with E-state index in [9.17, 15) is 4.79 Å². The fraction of sp³-hybridized carbons (Fsp3) is 0.625. The summed E-state index contributed by atoms with van der Waals surface area (Å²) in [6, 6.07) is 4.01. The van der Waals surface area contributed by atoms with Crippen LogP contribution in [0.15, 0.2) is 18.3 Å². The van der Waals surface area contributed by atoms with E-state index >= 15 is 0 Å². The van der Waals surface area contributed by atoms with Gasteiger partial charge in [0, 0.05) is 32.4 Å². The predicted octanol–water partition coefficient (Wildman–Crippen LogP) is 1.38. The average Bonchev–Trinajstić information content (AvgIpc) is 2.55. The topological polar surface area (TPSA) is 68.7 Å². The molecule has 122 valence electrons. The van der Waals surface area contributed by atoms with Gasteiger partial charge in [0.2, 0.25) is 0 Å². The van der Waals surface area contributed by atoms with E-state index in [4.69, 9.17) is 5.11 Å². The van der Waals surface area contributed by atoms with E-state index in [-0.39, 0.29) is 24.7 Å². The molecule has 0 spiro atoms. The van der Waals surface area contributed by atoms with E-state index in [1.165, 1.54) is 0 Å². The SMILES string of the molecule is Cc1ccc(N2CCC(NC(=O)N(C)C(C)CO)CC2)nc1. The number of urea groups is 1. The highest BCUT2D eigenvalue weighted by Crippen LogP contribution is 2.18. The molecule has 6 nitrogen and oxygen atoms in total. The van der Waals surface area contributed by atoms with Crippen LogP contribution in [0.4, 0.5) is 10.6 Å². The molecule has 2 amide bonds. The van der Waals surface area contributed by atoms with Crippen molar-refractivity contribution in [2.45, 2.75) is 38.8 Å². The highest BCUT2D eigenvalue weighted by atomic mass is 16.3. The number of anilines is 1. The minimum Gasteiger partial charge on any atom is -0.394 e. The van der Waals surface area contributed by atoms with Gasteiger partial charge in [-0.15, -0.1) is 0 Å². The number of aryl methyl sites for hydroxylation is 1. The summed E-state index contributed by atoms with van der Waals surface area (Å²) in [5, 5.41) is 12.1. The Balaban J connectivity index is 1.82. The smallest absolute Gasteiger partial charge is 0.317 e. The fourth-order valence-corrected chi connectivity index (χ4v) is 2.50. The molecule has 2 rings (SSSR count). The number of nitrogens with zero attached hydrogens (tertiary/aromatic N) is 3. The van der Waals surface area contributed by atoms with Crippen molar-refractivity contribution in [2.75, 3.05) is 31.6 Å². The molecule has 0 aromatic carbocycles. The maximum Gasteiger partial charge on any atom is 0.317 e. The molecule has 6 heteroatoms. The van der Waals surface area contributed by atoms with Gasteiger partial charge < -0.3 is 20.2 Å². The number of hydrogen-bond donors (Lipinski definition) is 2. The first-order valence-electron chi connectivity index (χ1n) is 7.83. The molecule has 2 heterocycles. The first-order chi connectivity index (χ1) is 10.5. The fourth-order valence-electron chi connectivity index (χ4n) is 2.50. The number of pyridine rings is 1. The second-order valence-corrected chi connectivity index (χ2v) is 6.05. The van der Waals surface area contributed by atoms with Gasteiger partial charge in [-0.1, -0.05) is 6.07 Å². The lowest BCUT2D eigenvalue weighted by Crippen LogP contribution is -2.50. The molecule has 1 aromatic rings. The highest BCUT2D eigenvalue weighted by molar-refractivity contribution is 5.74. The first-order valence-corrected chi connectivity index (χ1v) is 7.83. The van der Waals surface area contributed by atoms with Crippen molar-refractivity contribution in [2.24, 2.45) is 0 Å². The molecule has 0 bridgehead atoms. The van der Waals surface area contributed by atoms with E-state index in [1.807, 2.05) is 26.1 Å². The lowest BCUT2D eigenvalue weighted by molar-refractivity contribution is 0.153. The molecule has 0 radical (unpaired) electrons. The standard InChI is InChI=1S/C16H26N4O2/c1-12-4-5-15(17-10-12)20-8-6-14(7-9-20)18-16(22)19(3)13(2)11-21/h4-5,10,13-14,21H,6-9,11H2,1-3H3,(H,18,22). The molecule has 1 aliphatic heterocycles. The zero-order valence-electron chi connectivity index (χ0n) is 13.6. The molecule has 1 aromatic heterocycles. The summed E-state index contributed by atoms with van der Waals surface area (Å²) >= 11 is 0. The van der Waals surface area contributed by atoms with Gasteiger partial charge in [0.1, 0.15) is 5.82 Å². The summed E-state index contributed by atoms with van der Waals surface area (Å²) in [5.74, 6) is 1.00. The van der Waals surface area contributed by atoms with E-state index in [0.717, 1.165) is 37.3 Å². The van der Waals surface area contributed by atoms with Gasteiger partial charge >= 0.3 is 6.03 Å². The number of amides is 2. The molecule has 0 aliphatic carbocycles. The third-order valence-electron chi connectivity index (χ3n) is 4.29. The number of carbonyl (C=O) groups excluding carboxylic acids is 1. The zero-order chi connectivity index (χ0) is 16.1. The van der Waals surface area contributed by atoms with Crippen LogP contribution in [0.3, 0.4) is 0 Å². The number of piperidine rings is 1. The maximum absolute atomic E-state index is 12.1. The number of nitrogens with one attached hydrogen (secondary N) is 1. The van der Waals surface area contributed by atoms with Gasteiger partial charge in [0.05, 0.1) is 12.6 Å².